The number of aliphatic hydroxyl groups excluding tert-OH is 3. The Balaban J connectivity index is 0.000000225. The molecular weight excluding hydrogens is 1050 g/mol. The van der Waals surface area contributed by atoms with Gasteiger partial charge in [0.25, 0.3) is 11.8 Å². The van der Waals surface area contributed by atoms with Gasteiger partial charge in [0.05, 0.1) is 64.3 Å². The molecule has 4 aromatic carbocycles. The number of alkyl halides is 3. The van der Waals surface area contributed by atoms with Crippen LogP contribution >= 0.6 is 23.6 Å². The smallest absolute Gasteiger partial charge is 0.417 e. The lowest BCUT2D eigenvalue weighted by Gasteiger charge is -2.29. The first kappa shape index (κ1) is 60.5. The number of anilines is 2. The summed E-state index contributed by atoms with van der Waals surface area (Å²) in [6.07, 6.45) is 3.92. The highest BCUT2D eigenvalue weighted by Crippen LogP contribution is 2.40. The molecule has 0 spiro atoms. The van der Waals surface area contributed by atoms with Gasteiger partial charge in [-0.05, 0) is 111 Å². The molecular formula is C58H67F3N6O9S2. The Morgan fingerprint density at radius 3 is 2.15 bits per heavy atom. The highest BCUT2D eigenvalue weighted by molar-refractivity contribution is 7.81. The van der Waals surface area contributed by atoms with Crippen LogP contribution < -0.4 is 19.3 Å². The summed E-state index contributed by atoms with van der Waals surface area (Å²) in [6.45, 7) is 9.68. The van der Waals surface area contributed by atoms with E-state index in [2.05, 4.69) is 18.8 Å². The second-order valence-corrected chi connectivity index (χ2v) is 20.8. The maximum absolute atomic E-state index is 13.4. The zero-order valence-corrected chi connectivity index (χ0v) is 46.2. The van der Waals surface area contributed by atoms with Gasteiger partial charge >= 0.3 is 6.18 Å². The lowest BCUT2D eigenvalue weighted by atomic mass is 9.99. The maximum Gasteiger partial charge on any atom is 0.417 e. The molecule has 1 aliphatic carbocycles. The number of carbonyl (C=O) groups excluding carboxylic acids is 4. The summed E-state index contributed by atoms with van der Waals surface area (Å²) in [5, 5.41) is 37.5. The van der Waals surface area contributed by atoms with E-state index in [1.165, 1.54) is 71.8 Å². The lowest BCUT2D eigenvalue weighted by Crippen LogP contribution is -2.46. The Kier molecular flexibility index (Phi) is 21.5. The third-order valence-corrected chi connectivity index (χ3v) is 14.7. The first-order valence-electron chi connectivity index (χ1n) is 26.1. The number of fused-ring (bicyclic) bond motifs is 1. The first-order valence-corrected chi connectivity index (χ1v) is 27.4. The van der Waals surface area contributed by atoms with Crippen molar-refractivity contribution in [2.45, 2.75) is 123 Å². The molecule has 1 unspecified atom stereocenters. The van der Waals surface area contributed by atoms with Crippen molar-refractivity contribution in [2.75, 3.05) is 49.3 Å². The van der Waals surface area contributed by atoms with Gasteiger partial charge in [0, 0.05) is 37.2 Å². The van der Waals surface area contributed by atoms with Crippen LogP contribution in [0.5, 0.6) is 11.5 Å². The van der Waals surface area contributed by atoms with Gasteiger partial charge in [-0.25, -0.2) is 4.98 Å². The monoisotopic (exact) mass is 1110 g/mol. The number of aryl methyl sites for hydroxylation is 2. The second kappa shape index (κ2) is 27.7. The number of benzene rings is 4. The molecule has 0 radical (unpaired) electrons. The van der Waals surface area contributed by atoms with Gasteiger partial charge in [-0.1, -0.05) is 82.7 Å². The molecule has 416 valence electrons. The SMILES string of the molecule is C1CCCC1.CC1(C)C(=O)N(c2ccc(C#N)c(C(F)(F)F)c2)C(=S)N1c1ccc(OCCO)cc1.CCC.Cc1ncsc1-c1ccc(CCC(=O)C2C[C@H](O)CN2C(=O)CN2Cc3ccccc3C2=O)c(OCCO)c1. The predicted molar refractivity (Wildman–Crippen MR) is 296 cm³/mol. The van der Waals surface area contributed by atoms with E-state index >= 15 is 0 Å². The molecule has 3 amide bonds. The van der Waals surface area contributed by atoms with Crippen molar-refractivity contribution in [3.63, 3.8) is 0 Å². The van der Waals surface area contributed by atoms with Gasteiger partial charge in [0.2, 0.25) is 5.91 Å². The van der Waals surface area contributed by atoms with Crippen LogP contribution in [0.1, 0.15) is 117 Å². The molecule has 3 aliphatic heterocycles. The van der Waals surface area contributed by atoms with Crippen LogP contribution in [0.25, 0.3) is 10.4 Å². The third-order valence-electron chi connectivity index (χ3n) is 13.3. The fourth-order valence-electron chi connectivity index (χ4n) is 9.49. The van der Waals surface area contributed by atoms with Crippen LogP contribution in [0.3, 0.4) is 0 Å². The number of carbonyl (C=O) groups is 4. The average molecular weight is 1110 g/mol. The Bertz CT molecular complexity index is 2930. The largest absolute Gasteiger partial charge is 0.491 e. The summed E-state index contributed by atoms with van der Waals surface area (Å²) in [6, 6.07) is 23.5. The number of aliphatic hydroxyl groups is 3. The molecule has 15 nitrogen and oxygen atoms in total. The molecule has 9 rings (SSSR count). The second-order valence-electron chi connectivity index (χ2n) is 19.6. The first-order chi connectivity index (χ1) is 37.3. The van der Waals surface area contributed by atoms with Crippen LogP contribution in [0, 0.1) is 18.3 Å². The van der Waals surface area contributed by atoms with Gasteiger partial charge in [-0.2, -0.15) is 18.4 Å². The summed E-state index contributed by atoms with van der Waals surface area (Å²) >= 11 is 7.00. The van der Waals surface area contributed by atoms with Crippen molar-refractivity contribution in [3.05, 3.63) is 124 Å². The Labute approximate surface area is 462 Å². The van der Waals surface area contributed by atoms with Crippen LogP contribution in [0.4, 0.5) is 24.5 Å². The molecule has 3 fully saturated rings. The van der Waals surface area contributed by atoms with Crippen LogP contribution in [0.15, 0.2) is 90.4 Å². The minimum absolute atomic E-state index is 0.0110. The number of hydrogen-bond donors (Lipinski definition) is 3. The minimum Gasteiger partial charge on any atom is -0.491 e. The predicted octanol–water partition coefficient (Wildman–Crippen LogP) is 9.84. The molecule has 20 heteroatoms. The lowest BCUT2D eigenvalue weighted by molar-refractivity contribution is -0.138. The van der Waals surface area contributed by atoms with E-state index in [-0.39, 0.29) is 80.8 Å². The van der Waals surface area contributed by atoms with E-state index in [0.29, 0.717) is 35.7 Å². The van der Waals surface area contributed by atoms with E-state index in [1.807, 2.05) is 37.3 Å². The third kappa shape index (κ3) is 14.7. The number of likely N-dealkylation sites (tertiary alicyclic amines) is 1. The highest BCUT2D eigenvalue weighted by atomic mass is 32.1. The standard InChI is InChI=1S/C29H31N3O6S.C21H18F3N3O3S.C5H10.C3H8/c1-18-28(39-17-30-18)20-7-6-19(26(12-20)38-11-10-33)8-9-25(35)24-13-22(34)15-32(24)27(36)16-31-14-21-4-2-3-5-23(21)29(31)37;1-20(2)18(29)26(15-4-3-13(12-25)17(11-15)21(22,23)24)19(31)27(20)14-5-7-16(8-6-14)30-10-9-28;1-2-4-5-3-1;1-3-2/h2-7,12,17,22,24,33-34H,8-11,13-16H2,1H3;3-8,11,28H,9-10H2,1-2H3;1-5H2;3H2,1-2H3/t22-,24?;;;/m0.../s1. The number of amides is 3. The topological polar surface area (TPSA) is 197 Å². The van der Waals surface area contributed by atoms with Crippen LogP contribution in [0.2, 0.25) is 0 Å². The molecule has 2 saturated heterocycles. The highest BCUT2D eigenvalue weighted by Gasteiger charge is 2.51. The molecule has 2 atom stereocenters. The van der Waals surface area contributed by atoms with Gasteiger partial charge in [-0.3, -0.25) is 24.1 Å². The summed E-state index contributed by atoms with van der Waals surface area (Å²) in [4.78, 5) is 63.2. The number of Topliss-reactive ketones (excluding diaryl/α,β-unsaturated/α-hetero) is 1. The van der Waals surface area contributed by atoms with Gasteiger partial charge in [-0.15, -0.1) is 11.3 Å². The van der Waals surface area contributed by atoms with Crippen LogP contribution in [-0.2, 0) is 33.5 Å². The van der Waals surface area contributed by atoms with E-state index in [1.54, 1.807) is 60.7 Å². The van der Waals surface area contributed by atoms with E-state index in [9.17, 15) is 42.6 Å². The summed E-state index contributed by atoms with van der Waals surface area (Å²) in [5.74, 6) is -0.0990. The van der Waals surface area contributed by atoms with Crippen molar-refractivity contribution in [1.82, 2.24) is 14.8 Å². The molecule has 3 N–H and O–H groups in total. The van der Waals surface area contributed by atoms with Gasteiger partial charge < -0.3 is 39.5 Å². The minimum atomic E-state index is -4.76. The number of thiazole rings is 1. The summed E-state index contributed by atoms with van der Waals surface area (Å²) in [5.41, 5.74) is 3.58. The van der Waals surface area contributed by atoms with Crippen LogP contribution in [-0.4, -0.2) is 116 Å². The maximum atomic E-state index is 13.4. The number of thiocarbonyl (C=S) groups is 1. The molecule has 4 aliphatic rings. The quantitative estimate of drug-likeness (QED) is 0.0839. The van der Waals surface area contributed by atoms with Crippen molar-refractivity contribution in [1.29, 1.82) is 5.26 Å². The van der Waals surface area contributed by atoms with Crippen molar-refractivity contribution in [3.8, 4) is 28.0 Å². The number of nitrogens with zero attached hydrogens (tertiary/aromatic N) is 6. The fraction of sp³-hybridized carbons (Fsp3) is 0.431. The number of ether oxygens (including phenoxy) is 2. The van der Waals surface area contributed by atoms with Crippen molar-refractivity contribution < 1.29 is 57.1 Å². The normalized spacial score (nSPS) is 17.3. The van der Waals surface area contributed by atoms with E-state index in [0.717, 1.165) is 44.3 Å². The van der Waals surface area contributed by atoms with E-state index < -0.39 is 40.9 Å². The number of ketones is 1. The van der Waals surface area contributed by atoms with Crippen molar-refractivity contribution in [2.24, 2.45) is 0 Å². The van der Waals surface area contributed by atoms with E-state index in [4.69, 9.17) is 32.1 Å². The molecule has 0 bridgehead atoms. The molecule has 4 heterocycles. The Morgan fingerprint density at radius 1 is 0.910 bits per heavy atom. The molecule has 5 aromatic rings. The Morgan fingerprint density at radius 2 is 1.55 bits per heavy atom. The molecule has 1 saturated carbocycles. The number of nitriles is 1. The summed E-state index contributed by atoms with van der Waals surface area (Å²) in [7, 11) is 0. The zero-order chi connectivity index (χ0) is 56.7. The molecule has 1 aromatic heterocycles. The number of aromatic nitrogens is 1. The van der Waals surface area contributed by atoms with Crippen molar-refractivity contribution >= 4 is 63.5 Å². The number of rotatable bonds is 15. The average Bonchev–Trinajstić information content (AvgIpc) is 4.29. The van der Waals surface area contributed by atoms with Gasteiger partial charge in [0.15, 0.2) is 10.9 Å². The van der Waals surface area contributed by atoms with Gasteiger partial charge in [0.1, 0.15) is 36.8 Å². The number of hydrogen-bond acceptors (Lipinski definition) is 13. The number of β-amino-alcohol motifs (C(OH)–C–C–N with tert-alkyl or cyclic N) is 1. The molecule has 78 heavy (non-hydrogen) atoms. The fourth-order valence-corrected chi connectivity index (χ4v) is 10.8. The zero-order valence-electron chi connectivity index (χ0n) is 44.6. The Hall–Kier alpha value is -6.76. The summed E-state index contributed by atoms with van der Waals surface area (Å²) < 4.78 is 51.3. The number of halogens is 3.